The van der Waals surface area contributed by atoms with Gasteiger partial charge in [-0.05, 0) is 31.4 Å². The van der Waals surface area contributed by atoms with Crippen LogP contribution in [0.2, 0.25) is 0 Å². The Morgan fingerprint density at radius 1 is 1.46 bits per heavy atom. The second kappa shape index (κ2) is 6.79. The maximum atomic E-state index is 12.6. The van der Waals surface area contributed by atoms with Gasteiger partial charge in [0.25, 0.3) is 0 Å². The number of nitrogens with zero attached hydrogens (tertiary/aromatic N) is 3. The molecule has 6 nitrogen and oxygen atoms in total. The number of nitrogens with one attached hydrogen (secondary N) is 1. The van der Waals surface area contributed by atoms with Gasteiger partial charge in [-0.15, -0.1) is 0 Å². The predicted octanol–water partition coefficient (Wildman–Crippen LogP) is 3.38. The van der Waals surface area contributed by atoms with Crippen molar-refractivity contribution in [3.63, 3.8) is 0 Å². The normalized spacial score (nSPS) is 18.3. The van der Waals surface area contributed by atoms with E-state index in [1.807, 2.05) is 17.2 Å². The number of hydrogen-bond acceptors (Lipinski definition) is 4. The van der Waals surface area contributed by atoms with Gasteiger partial charge in [0.1, 0.15) is 0 Å². The highest BCUT2D eigenvalue weighted by Gasteiger charge is 2.30. The zero-order valence-corrected chi connectivity index (χ0v) is 14.7. The van der Waals surface area contributed by atoms with Crippen LogP contribution in [0.4, 0.5) is 0 Å². The summed E-state index contributed by atoms with van der Waals surface area (Å²) < 4.78 is 5.29. The van der Waals surface area contributed by atoms with Crippen LogP contribution in [0.1, 0.15) is 69.9 Å². The zero-order chi connectivity index (χ0) is 17.2. The van der Waals surface area contributed by atoms with Crippen LogP contribution in [-0.4, -0.2) is 32.5 Å². The number of carbonyl (C=O) groups excluding carboxylic acids is 1. The van der Waals surface area contributed by atoms with Crippen LogP contribution in [0.25, 0.3) is 0 Å². The smallest absolute Gasteiger partial charge is 0.226 e. The number of likely N-dealkylation sites (tertiary alicyclic amines) is 1. The summed E-state index contributed by atoms with van der Waals surface area (Å²) in [7, 11) is 0. The second-order valence-electron chi connectivity index (χ2n) is 7.49. The summed E-state index contributed by atoms with van der Waals surface area (Å²) in [4.78, 5) is 22.2. The van der Waals surface area contributed by atoms with Gasteiger partial charge in [-0.3, -0.25) is 4.79 Å². The summed E-state index contributed by atoms with van der Waals surface area (Å²) in [6.07, 6.45) is 5.91. The Morgan fingerprint density at radius 3 is 2.96 bits per heavy atom. The van der Waals surface area contributed by atoms with Crippen molar-refractivity contribution in [3.8, 4) is 0 Å². The van der Waals surface area contributed by atoms with Gasteiger partial charge in [-0.25, -0.2) is 0 Å². The molecule has 1 N–H and O–H groups in total. The van der Waals surface area contributed by atoms with E-state index >= 15 is 0 Å². The Kier molecular flexibility index (Phi) is 4.73. The Morgan fingerprint density at radius 2 is 2.29 bits per heavy atom. The first-order valence-electron chi connectivity index (χ1n) is 8.71. The highest BCUT2D eigenvalue weighted by atomic mass is 16.5. The summed E-state index contributed by atoms with van der Waals surface area (Å²) in [6.45, 7) is 7.01. The molecule has 0 spiro atoms. The van der Waals surface area contributed by atoms with Crippen LogP contribution in [0.15, 0.2) is 22.9 Å². The van der Waals surface area contributed by atoms with Gasteiger partial charge >= 0.3 is 0 Å². The molecule has 0 bridgehead atoms. The first-order valence-corrected chi connectivity index (χ1v) is 8.71. The number of rotatable bonds is 5. The van der Waals surface area contributed by atoms with Gasteiger partial charge in [0.2, 0.25) is 11.8 Å². The average Bonchev–Trinajstić information content (AvgIpc) is 3.26. The number of hydrogen-bond donors (Lipinski definition) is 1. The van der Waals surface area contributed by atoms with Crippen LogP contribution < -0.4 is 0 Å². The minimum absolute atomic E-state index is 0.115. The fourth-order valence-electron chi connectivity index (χ4n) is 3.14. The van der Waals surface area contributed by atoms with E-state index in [2.05, 4.69) is 42.0 Å². The summed E-state index contributed by atoms with van der Waals surface area (Å²) in [6, 6.07) is 4.24. The quantitative estimate of drug-likeness (QED) is 0.912. The number of aryl methyl sites for hydroxylation is 1. The SMILES string of the molecule is CC(C)(C)c1noc(CCCC(=O)N2CCCC2c2ccc[nH]2)n1. The van der Waals surface area contributed by atoms with Gasteiger partial charge in [-0.2, -0.15) is 4.98 Å². The highest BCUT2D eigenvalue weighted by Crippen LogP contribution is 2.31. The summed E-state index contributed by atoms with van der Waals surface area (Å²) in [5.41, 5.74) is 1.02. The minimum atomic E-state index is -0.115. The van der Waals surface area contributed by atoms with Crippen molar-refractivity contribution in [2.75, 3.05) is 6.54 Å². The Labute approximate surface area is 142 Å². The van der Waals surface area contributed by atoms with E-state index in [0.717, 1.165) is 37.3 Å². The molecule has 24 heavy (non-hydrogen) atoms. The van der Waals surface area contributed by atoms with Crippen molar-refractivity contribution in [1.29, 1.82) is 0 Å². The summed E-state index contributed by atoms with van der Waals surface area (Å²) in [5, 5.41) is 4.02. The van der Waals surface area contributed by atoms with E-state index in [-0.39, 0.29) is 17.4 Å². The molecule has 3 heterocycles. The molecule has 1 saturated heterocycles. The lowest BCUT2D eigenvalue weighted by atomic mass is 9.96. The number of aromatic nitrogens is 3. The predicted molar refractivity (Wildman–Crippen MR) is 90.4 cm³/mol. The molecule has 6 heteroatoms. The van der Waals surface area contributed by atoms with Crippen LogP contribution >= 0.6 is 0 Å². The molecule has 0 aromatic carbocycles. The molecule has 1 atom stereocenters. The maximum Gasteiger partial charge on any atom is 0.226 e. The molecular formula is C18H26N4O2. The Hall–Kier alpha value is -2.11. The van der Waals surface area contributed by atoms with Crippen LogP contribution in [0.5, 0.6) is 0 Å². The number of amides is 1. The molecule has 2 aromatic rings. The first-order chi connectivity index (χ1) is 11.4. The molecule has 1 amide bonds. The largest absolute Gasteiger partial charge is 0.363 e. The van der Waals surface area contributed by atoms with Crippen molar-refractivity contribution in [2.45, 2.75) is 64.3 Å². The van der Waals surface area contributed by atoms with E-state index in [1.165, 1.54) is 0 Å². The second-order valence-corrected chi connectivity index (χ2v) is 7.49. The van der Waals surface area contributed by atoms with E-state index in [1.54, 1.807) is 0 Å². The van der Waals surface area contributed by atoms with E-state index in [9.17, 15) is 4.79 Å². The molecule has 3 rings (SSSR count). The standard InChI is InChI=1S/C18H26N4O2/c1-18(2,3)17-20-15(24-21-17)9-4-10-16(23)22-12-6-8-14(22)13-7-5-11-19-13/h5,7,11,14,19H,4,6,8-10,12H2,1-3H3. The maximum absolute atomic E-state index is 12.6. The van der Waals surface area contributed by atoms with Crippen LogP contribution in [0, 0.1) is 0 Å². The number of H-pyrrole nitrogens is 1. The fraction of sp³-hybridized carbons (Fsp3) is 0.611. The highest BCUT2D eigenvalue weighted by molar-refractivity contribution is 5.77. The minimum Gasteiger partial charge on any atom is -0.363 e. The summed E-state index contributed by atoms with van der Waals surface area (Å²) >= 11 is 0. The van der Waals surface area contributed by atoms with Crippen molar-refractivity contribution in [1.82, 2.24) is 20.0 Å². The van der Waals surface area contributed by atoms with Crippen molar-refractivity contribution >= 4 is 5.91 Å². The van der Waals surface area contributed by atoms with E-state index in [4.69, 9.17) is 4.52 Å². The van der Waals surface area contributed by atoms with Gasteiger partial charge < -0.3 is 14.4 Å². The molecule has 130 valence electrons. The topological polar surface area (TPSA) is 75.0 Å². The third-order valence-electron chi connectivity index (χ3n) is 4.47. The molecule has 1 aliphatic heterocycles. The van der Waals surface area contributed by atoms with Crippen molar-refractivity contribution in [2.24, 2.45) is 0 Å². The molecule has 1 unspecified atom stereocenters. The van der Waals surface area contributed by atoms with Gasteiger partial charge in [0.05, 0.1) is 6.04 Å². The van der Waals surface area contributed by atoms with Crippen molar-refractivity contribution in [3.05, 3.63) is 35.7 Å². The van der Waals surface area contributed by atoms with Gasteiger partial charge in [0, 0.05) is 36.7 Å². The lowest BCUT2D eigenvalue weighted by Gasteiger charge is -2.24. The molecule has 2 aromatic heterocycles. The van der Waals surface area contributed by atoms with Crippen LogP contribution in [-0.2, 0) is 16.6 Å². The average molecular weight is 330 g/mol. The fourth-order valence-corrected chi connectivity index (χ4v) is 3.14. The molecule has 1 fully saturated rings. The molecule has 0 saturated carbocycles. The number of carbonyl (C=O) groups is 1. The van der Waals surface area contributed by atoms with E-state index in [0.29, 0.717) is 18.7 Å². The number of aromatic amines is 1. The van der Waals surface area contributed by atoms with E-state index < -0.39 is 0 Å². The molecule has 0 aliphatic carbocycles. The zero-order valence-electron chi connectivity index (χ0n) is 14.7. The third kappa shape index (κ3) is 3.68. The van der Waals surface area contributed by atoms with Crippen LogP contribution in [0.3, 0.4) is 0 Å². The van der Waals surface area contributed by atoms with Crippen molar-refractivity contribution < 1.29 is 9.32 Å². The Balaban J connectivity index is 1.51. The van der Waals surface area contributed by atoms with Gasteiger partial charge in [0.15, 0.2) is 5.82 Å². The lowest BCUT2D eigenvalue weighted by Crippen LogP contribution is -2.30. The monoisotopic (exact) mass is 330 g/mol. The molecular weight excluding hydrogens is 304 g/mol. The third-order valence-corrected chi connectivity index (χ3v) is 4.47. The first kappa shape index (κ1) is 16.7. The molecule has 0 radical (unpaired) electrons. The lowest BCUT2D eigenvalue weighted by molar-refractivity contribution is -0.132. The summed E-state index contributed by atoms with van der Waals surface area (Å²) in [5.74, 6) is 1.55. The van der Waals surface area contributed by atoms with Gasteiger partial charge in [-0.1, -0.05) is 25.9 Å². The molecule has 1 aliphatic rings. The Bertz CT molecular complexity index is 670.